The maximum atomic E-state index is 11.9. The average Bonchev–Trinajstić information content (AvgIpc) is 3.02. The van der Waals surface area contributed by atoms with Crippen molar-refractivity contribution >= 4 is 40.6 Å². The fraction of sp³-hybridized carbons (Fsp3) is 0.0556. The molecular formula is C18H14ClN3O2S. The number of carbonyl (C=O) groups is 1. The fourth-order valence-electron chi connectivity index (χ4n) is 1.94. The quantitative estimate of drug-likeness (QED) is 0.645. The van der Waals surface area contributed by atoms with Crippen LogP contribution < -0.4 is 10.1 Å². The van der Waals surface area contributed by atoms with Crippen molar-refractivity contribution < 1.29 is 9.53 Å². The van der Waals surface area contributed by atoms with E-state index in [4.69, 9.17) is 16.3 Å². The van der Waals surface area contributed by atoms with Crippen molar-refractivity contribution in [3.8, 4) is 11.6 Å². The Bertz CT molecular complexity index is 889. The molecule has 2 aromatic heterocycles. The Kier molecular flexibility index (Phi) is 5.42. The van der Waals surface area contributed by atoms with Crippen molar-refractivity contribution in [3.05, 3.63) is 69.8 Å². The summed E-state index contributed by atoms with van der Waals surface area (Å²) in [6.07, 6.45) is 4.64. The minimum absolute atomic E-state index is 0.251. The van der Waals surface area contributed by atoms with Crippen LogP contribution in [0.3, 0.4) is 0 Å². The molecule has 5 nitrogen and oxygen atoms in total. The molecule has 7 heteroatoms. The summed E-state index contributed by atoms with van der Waals surface area (Å²) in [5.74, 6) is 0.808. The van der Waals surface area contributed by atoms with Crippen molar-refractivity contribution in [2.45, 2.75) is 6.92 Å². The molecule has 0 radical (unpaired) electrons. The number of halogens is 1. The van der Waals surface area contributed by atoms with Crippen LogP contribution in [0.2, 0.25) is 5.02 Å². The van der Waals surface area contributed by atoms with E-state index in [0.717, 1.165) is 10.7 Å². The van der Waals surface area contributed by atoms with E-state index in [1.54, 1.807) is 42.5 Å². The number of hydrogen-bond acceptors (Lipinski definition) is 5. The number of hydrogen-bond donors (Lipinski definition) is 1. The molecule has 0 saturated carbocycles. The Morgan fingerprint density at radius 1 is 1.24 bits per heavy atom. The molecule has 0 aliphatic heterocycles. The molecule has 1 N–H and O–H groups in total. The first-order valence-electron chi connectivity index (χ1n) is 7.39. The van der Waals surface area contributed by atoms with Crippen LogP contribution in [0.4, 0.5) is 5.69 Å². The van der Waals surface area contributed by atoms with E-state index >= 15 is 0 Å². The number of carbonyl (C=O) groups excluding carboxylic acids is 1. The summed E-state index contributed by atoms with van der Waals surface area (Å²) in [6, 6.07) is 10.4. The summed E-state index contributed by atoms with van der Waals surface area (Å²) in [6.45, 7) is 1.92. The van der Waals surface area contributed by atoms with Crippen LogP contribution >= 0.6 is 22.9 Å². The summed E-state index contributed by atoms with van der Waals surface area (Å²) in [4.78, 5) is 20.3. The Morgan fingerprint density at radius 3 is 2.68 bits per heavy atom. The summed E-state index contributed by atoms with van der Waals surface area (Å²) >= 11 is 7.37. The van der Waals surface area contributed by atoms with Crippen molar-refractivity contribution in [1.82, 2.24) is 9.97 Å². The summed E-state index contributed by atoms with van der Waals surface area (Å²) in [5, 5.41) is 6.22. The number of pyridine rings is 1. The Morgan fingerprint density at radius 2 is 2.04 bits per heavy atom. The standard InChI is InChI=1S/C18H14ClN3O2S/c1-12-21-15(11-25-12)4-8-17(23)22-14-5-9-18(20-10-14)24-16-6-2-13(19)3-7-16/h2-11H,1H3,(H,22,23). The van der Waals surface area contributed by atoms with Crippen molar-refractivity contribution in [2.24, 2.45) is 0 Å². The smallest absolute Gasteiger partial charge is 0.248 e. The van der Waals surface area contributed by atoms with E-state index in [1.807, 2.05) is 12.3 Å². The molecule has 0 spiro atoms. The van der Waals surface area contributed by atoms with Crippen LogP contribution in [0.1, 0.15) is 10.7 Å². The zero-order valence-electron chi connectivity index (χ0n) is 13.3. The highest BCUT2D eigenvalue weighted by Gasteiger charge is 2.02. The molecule has 2 heterocycles. The normalized spacial score (nSPS) is 10.8. The van der Waals surface area contributed by atoms with Crippen LogP contribution in [0.15, 0.2) is 54.1 Å². The van der Waals surface area contributed by atoms with E-state index in [9.17, 15) is 4.79 Å². The van der Waals surface area contributed by atoms with Crippen LogP contribution in [0.25, 0.3) is 6.08 Å². The van der Waals surface area contributed by atoms with Crippen LogP contribution in [-0.4, -0.2) is 15.9 Å². The van der Waals surface area contributed by atoms with Gasteiger partial charge in [-0.3, -0.25) is 4.79 Å². The lowest BCUT2D eigenvalue weighted by Crippen LogP contribution is -2.07. The highest BCUT2D eigenvalue weighted by Crippen LogP contribution is 2.22. The second-order valence-corrected chi connectivity index (χ2v) is 6.55. The van der Waals surface area contributed by atoms with Crippen LogP contribution in [0.5, 0.6) is 11.6 Å². The third-order valence-electron chi connectivity index (χ3n) is 3.08. The molecule has 126 valence electrons. The number of ether oxygens (including phenoxy) is 1. The first kappa shape index (κ1) is 17.1. The number of amides is 1. The lowest BCUT2D eigenvalue weighted by Gasteiger charge is -2.06. The largest absolute Gasteiger partial charge is 0.439 e. The zero-order valence-corrected chi connectivity index (χ0v) is 14.8. The third-order valence-corrected chi connectivity index (χ3v) is 4.13. The third kappa shape index (κ3) is 5.14. The van der Waals surface area contributed by atoms with Gasteiger partial charge in [0.1, 0.15) is 5.75 Å². The zero-order chi connectivity index (χ0) is 17.6. The monoisotopic (exact) mass is 371 g/mol. The van der Waals surface area contributed by atoms with Gasteiger partial charge in [0, 0.05) is 22.5 Å². The molecule has 0 unspecified atom stereocenters. The first-order chi connectivity index (χ1) is 12.1. The summed E-state index contributed by atoms with van der Waals surface area (Å²) in [7, 11) is 0. The van der Waals surface area contributed by atoms with Gasteiger partial charge in [-0.05, 0) is 43.3 Å². The lowest BCUT2D eigenvalue weighted by molar-refractivity contribution is -0.111. The van der Waals surface area contributed by atoms with Gasteiger partial charge in [0.05, 0.1) is 22.6 Å². The van der Waals surface area contributed by atoms with Gasteiger partial charge >= 0.3 is 0 Å². The van der Waals surface area contributed by atoms with Gasteiger partial charge in [0.2, 0.25) is 11.8 Å². The van der Waals surface area contributed by atoms with Gasteiger partial charge in [-0.2, -0.15) is 0 Å². The second kappa shape index (κ2) is 7.92. The number of benzene rings is 1. The Hall–Kier alpha value is -2.70. The number of anilines is 1. The molecule has 0 bridgehead atoms. The second-order valence-electron chi connectivity index (χ2n) is 5.06. The molecule has 0 saturated heterocycles. The molecule has 25 heavy (non-hydrogen) atoms. The number of thiazole rings is 1. The number of nitrogens with zero attached hydrogens (tertiary/aromatic N) is 2. The SMILES string of the molecule is Cc1nc(C=CC(=O)Nc2ccc(Oc3ccc(Cl)cc3)nc2)cs1. The van der Waals surface area contributed by atoms with Gasteiger partial charge in [-0.1, -0.05) is 11.6 Å². The van der Waals surface area contributed by atoms with Gasteiger partial charge < -0.3 is 10.1 Å². The highest BCUT2D eigenvalue weighted by atomic mass is 35.5. The fourth-order valence-corrected chi connectivity index (χ4v) is 2.65. The van der Waals surface area contributed by atoms with Crippen molar-refractivity contribution in [1.29, 1.82) is 0 Å². The van der Waals surface area contributed by atoms with Crippen molar-refractivity contribution in [3.63, 3.8) is 0 Å². The van der Waals surface area contributed by atoms with Gasteiger partial charge in [0.15, 0.2) is 0 Å². The molecule has 3 rings (SSSR count). The predicted molar refractivity (Wildman–Crippen MR) is 100 cm³/mol. The molecule has 0 aliphatic rings. The van der Waals surface area contributed by atoms with E-state index in [0.29, 0.717) is 22.3 Å². The highest BCUT2D eigenvalue weighted by molar-refractivity contribution is 7.09. The molecular weight excluding hydrogens is 358 g/mol. The van der Waals surface area contributed by atoms with E-state index in [1.165, 1.54) is 23.6 Å². The van der Waals surface area contributed by atoms with Crippen LogP contribution in [-0.2, 0) is 4.79 Å². The molecule has 1 aromatic carbocycles. The Labute approximate surface area is 154 Å². The van der Waals surface area contributed by atoms with E-state index in [2.05, 4.69) is 15.3 Å². The molecule has 0 aliphatic carbocycles. The minimum Gasteiger partial charge on any atom is -0.439 e. The summed E-state index contributed by atoms with van der Waals surface area (Å²) in [5.41, 5.74) is 1.34. The number of rotatable bonds is 5. The predicted octanol–water partition coefficient (Wildman–Crippen LogP) is 4.94. The molecule has 1 amide bonds. The molecule has 3 aromatic rings. The van der Waals surface area contributed by atoms with Gasteiger partial charge in [0.25, 0.3) is 0 Å². The molecule has 0 fully saturated rings. The summed E-state index contributed by atoms with van der Waals surface area (Å²) < 4.78 is 5.60. The minimum atomic E-state index is -0.251. The van der Waals surface area contributed by atoms with E-state index < -0.39 is 0 Å². The molecule has 0 atom stereocenters. The van der Waals surface area contributed by atoms with Crippen LogP contribution in [0, 0.1) is 6.92 Å². The first-order valence-corrected chi connectivity index (χ1v) is 8.65. The van der Waals surface area contributed by atoms with Gasteiger partial charge in [-0.15, -0.1) is 11.3 Å². The number of nitrogens with one attached hydrogen (secondary N) is 1. The lowest BCUT2D eigenvalue weighted by atomic mass is 10.3. The topological polar surface area (TPSA) is 64.1 Å². The Balaban J connectivity index is 1.57. The van der Waals surface area contributed by atoms with Crippen molar-refractivity contribution in [2.75, 3.05) is 5.32 Å². The maximum Gasteiger partial charge on any atom is 0.248 e. The maximum absolute atomic E-state index is 11.9. The number of aromatic nitrogens is 2. The average molecular weight is 372 g/mol. The number of aryl methyl sites for hydroxylation is 1. The van der Waals surface area contributed by atoms with Gasteiger partial charge in [-0.25, -0.2) is 9.97 Å². The van der Waals surface area contributed by atoms with E-state index in [-0.39, 0.29) is 5.91 Å².